The number of hydrogen-bond acceptors (Lipinski definition) is 14. The molecule has 8 fully saturated rings. The molecular formula is C92H102F9N9O9. The summed E-state index contributed by atoms with van der Waals surface area (Å²) >= 11 is 0. The summed E-state index contributed by atoms with van der Waals surface area (Å²) in [7, 11) is 0. The number of amides is 4. The molecule has 27 heteroatoms. The van der Waals surface area contributed by atoms with Crippen molar-refractivity contribution < 1.29 is 82.2 Å². The maximum Gasteiger partial charge on any atom is 0.417 e. The molecule has 0 spiro atoms. The van der Waals surface area contributed by atoms with Crippen LogP contribution in [0.3, 0.4) is 0 Å². The Morgan fingerprint density at radius 2 is 0.756 bits per heavy atom. The summed E-state index contributed by atoms with van der Waals surface area (Å²) in [5.41, 5.74) is 5.20. The van der Waals surface area contributed by atoms with Crippen molar-refractivity contribution in [3.63, 3.8) is 0 Å². The van der Waals surface area contributed by atoms with Crippen LogP contribution in [0.25, 0.3) is 67.1 Å². The molecule has 6 aromatic heterocycles. The average Bonchev–Trinajstić information content (AvgIpc) is 1.63. The number of fused-ring (bicyclic) bond motifs is 3. The Morgan fingerprint density at radius 3 is 1.10 bits per heavy atom. The minimum atomic E-state index is -4.77. The van der Waals surface area contributed by atoms with Gasteiger partial charge in [-0.1, -0.05) is 60.1 Å². The van der Waals surface area contributed by atoms with Crippen LogP contribution in [0.2, 0.25) is 0 Å². The molecule has 5 saturated carbocycles. The first-order chi connectivity index (χ1) is 55.8. The first kappa shape index (κ1) is 84.0. The first-order valence-electron chi connectivity index (χ1n) is 41.2. The number of carbonyl (C=O) groups is 4. The molecule has 3 saturated heterocycles. The van der Waals surface area contributed by atoms with Gasteiger partial charge in [-0.05, 0) is 219 Å². The van der Waals surface area contributed by atoms with Crippen LogP contribution in [0, 0.1) is 35.2 Å². The van der Waals surface area contributed by atoms with E-state index in [4.69, 9.17) is 23.2 Å². The minimum absolute atomic E-state index is 0.0124. The summed E-state index contributed by atoms with van der Waals surface area (Å²) in [6, 6.07) is 29.4. The summed E-state index contributed by atoms with van der Waals surface area (Å²) < 4.78 is 137. The van der Waals surface area contributed by atoms with Crippen molar-refractivity contribution >= 4 is 56.9 Å². The molecule has 18 nitrogen and oxygen atoms in total. The Hall–Kier alpha value is -10.0. The topological polar surface area (TPSA) is 206 Å². The van der Waals surface area contributed by atoms with Crippen LogP contribution in [0.15, 0.2) is 147 Å². The Bertz CT molecular complexity index is 5430. The predicted octanol–water partition coefficient (Wildman–Crippen LogP) is 19.3. The fourth-order valence-electron chi connectivity index (χ4n) is 18.2. The van der Waals surface area contributed by atoms with Gasteiger partial charge in [0.25, 0.3) is 17.7 Å². The molecule has 632 valence electrons. The van der Waals surface area contributed by atoms with Crippen molar-refractivity contribution in [2.24, 2.45) is 17.8 Å². The predicted molar refractivity (Wildman–Crippen MR) is 433 cm³/mol. The molecule has 0 radical (unpaired) electrons. The maximum atomic E-state index is 13.9. The zero-order chi connectivity index (χ0) is 85.4. The average molecular weight is 1650 g/mol. The van der Waals surface area contributed by atoms with Crippen molar-refractivity contribution in [1.82, 2.24) is 44.4 Å². The van der Waals surface area contributed by atoms with E-state index in [2.05, 4.69) is 56.8 Å². The molecule has 3 aromatic carbocycles. The molecule has 119 heavy (non-hydrogen) atoms. The fourth-order valence-corrected chi connectivity index (χ4v) is 18.2. The number of benzene rings is 3. The van der Waals surface area contributed by atoms with Crippen molar-refractivity contribution in [2.45, 2.75) is 210 Å². The van der Waals surface area contributed by atoms with Gasteiger partial charge in [-0.15, -0.1) is 0 Å². The lowest BCUT2D eigenvalue weighted by Gasteiger charge is -2.52. The van der Waals surface area contributed by atoms with Crippen LogP contribution in [-0.4, -0.2) is 177 Å². The second kappa shape index (κ2) is 30.6. The molecule has 4 amide bonds. The maximum absolute atomic E-state index is 13.9. The van der Waals surface area contributed by atoms with Crippen molar-refractivity contribution in [1.29, 1.82) is 0 Å². The van der Waals surface area contributed by atoms with E-state index in [-0.39, 0.29) is 88.6 Å². The Morgan fingerprint density at radius 1 is 0.437 bits per heavy atom. The van der Waals surface area contributed by atoms with Gasteiger partial charge in [0.1, 0.15) is 34.0 Å². The number of furan rings is 3. The highest BCUT2D eigenvalue weighted by atomic mass is 19.4. The van der Waals surface area contributed by atoms with Gasteiger partial charge in [-0.3, -0.25) is 19.2 Å². The zero-order valence-corrected chi connectivity index (χ0v) is 68.9. The lowest BCUT2D eigenvalue weighted by molar-refractivity contribution is -0.297. The number of hydrogen-bond donors (Lipinski definition) is 2. The number of aliphatic hydroxyl groups is 2. The quantitative estimate of drug-likeness (QED) is 0.0972. The van der Waals surface area contributed by atoms with Crippen LogP contribution in [0.1, 0.15) is 207 Å². The minimum Gasteiger partial charge on any atom is -0.449 e. The molecular weight excluding hydrogens is 1550 g/mol. The van der Waals surface area contributed by atoms with Gasteiger partial charge in [-0.2, -0.15) is 26.3 Å². The number of pyridine rings is 3. The Balaban J connectivity index is 0.000000139. The lowest BCUT2D eigenvalue weighted by atomic mass is 9.68. The summed E-state index contributed by atoms with van der Waals surface area (Å²) in [6.45, 7) is 32.3. The molecule has 3 aliphatic heterocycles. The number of halogens is 9. The van der Waals surface area contributed by atoms with E-state index < -0.39 is 78.1 Å². The molecule has 0 bridgehead atoms. The molecule has 9 aromatic rings. The molecule has 0 unspecified atom stereocenters. The van der Waals surface area contributed by atoms with E-state index >= 15 is 0 Å². The molecule has 0 atom stereocenters. The molecule has 8 aliphatic rings. The third-order valence-corrected chi connectivity index (χ3v) is 26.3. The largest absolute Gasteiger partial charge is 0.449 e. The van der Waals surface area contributed by atoms with E-state index in [0.717, 1.165) is 77.8 Å². The standard InChI is InChI=1S/C32H38FN3O2.C31H33F4N3O3.C29H31F4N3O4/c1-21(22-8-6-5-7-9-22)35-16-17-36(31(2,3)20-35)30(37)28-19-27-29(38-28)25(32(4)14-15-32)18-26(34-27)23-10-12-24(33)13-11-23;1-18(20-15-30(40,16-20)31(33,34)35)37-11-12-38(28(2,3)17-37)27(39)25-14-24-26(41-25)22(29(4)9-10-29)13-23(36-24)19-5-7-21(32)8-6-19;1-16(2)20-11-21(17-5-7-19(30)8-6-17)34-22-12-23(40-24(20)22)26(38)36-10-9-35(15-27(36,3)4)25(37)18-13-28(39,14-18)29(31,32)33/h10-13,18-19,22H,1,5-9,14-17,20H2,2-4H3;5-8,13-14,20,40H,1,9-12,15-17H2,2-4H3;5-8,11-12,16,18,39H,9-10,13-15H2,1-4H3. The SMILES string of the molecule is C=C(C1CC(O)(C(F)(F)F)C1)N1CCN(C(=O)c2cc3nc(-c4ccc(F)cc4)cc(C4(C)CC4)c3o2)C(C)(C)C1.C=C(C1CCCCC1)N1CCN(C(=O)c2cc3nc(-c4ccc(F)cc4)cc(C4(C)CC4)c3o2)C(C)(C)C1.CC(C)c1cc(-c2ccc(F)cc2)nc2cc(C(=O)N3CCN(C(=O)C4CC(O)(C(F)(F)F)C4)CC3(C)C)oc12. The Labute approximate surface area is 685 Å². The van der Waals surface area contributed by atoms with Crippen molar-refractivity contribution in [2.75, 3.05) is 58.9 Å². The lowest BCUT2D eigenvalue weighted by Crippen LogP contribution is -2.65. The smallest absolute Gasteiger partial charge is 0.417 e. The van der Waals surface area contributed by atoms with Gasteiger partial charge >= 0.3 is 12.4 Å². The number of allylic oxidation sites excluding steroid dienone is 2. The third kappa shape index (κ3) is 16.4. The molecule has 9 heterocycles. The normalized spacial score (nSPS) is 23.1. The van der Waals surface area contributed by atoms with Crippen LogP contribution < -0.4 is 0 Å². The van der Waals surface area contributed by atoms with Gasteiger partial charge in [0.15, 0.2) is 45.2 Å². The van der Waals surface area contributed by atoms with E-state index in [9.17, 15) is 68.9 Å². The first-order valence-corrected chi connectivity index (χ1v) is 41.2. The zero-order valence-electron chi connectivity index (χ0n) is 68.9. The summed E-state index contributed by atoms with van der Waals surface area (Å²) in [4.78, 5) is 79.5. The van der Waals surface area contributed by atoms with Gasteiger partial charge in [-0.25, -0.2) is 28.1 Å². The number of aromatic nitrogens is 3. The second-order valence-electron chi connectivity index (χ2n) is 37.0. The summed E-state index contributed by atoms with van der Waals surface area (Å²) in [5.74, 6) is -2.33. The van der Waals surface area contributed by atoms with E-state index in [1.165, 1.54) is 79.1 Å². The number of piperazine rings is 3. The highest BCUT2D eigenvalue weighted by Gasteiger charge is 2.64. The number of nitrogens with zero attached hydrogens (tertiary/aromatic N) is 9. The van der Waals surface area contributed by atoms with Crippen LogP contribution in [0.5, 0.6) is 0 Å². The van der Waals surface area contributed by atoms with Crippen LogP contribution in [0.4, 0.5) is 39.5 Å². The van der Waals surface area contributed by atoms with Crippen LogP contribution in [-0.2, 0) is 15.6 Å². The van der Waals surface area contributed by atoms with Gasteiger partial charge in [0.2, 0.25) is 5.91 Å². The fraction of sp³-hybridized carbons (Fsp3) is 0.489. The van der Waals surface area contributed by atoms with Gasteiger partial charge in [0, 0.05) is 134 Å². The van der Waals surface area contributed by atoms with E-state index in [0.29, 0.717) is 88.2 Å². The van der Waals surface area contributed by atoms with Crippen LogP contribution >= 0.6 is 0 Å². The van der Waals surface area contributed by atoms with E-state index in [1.54, 1.807) is 78.2 Å². The molecule has 17 rings (SSSR count). The van der Waals surface area contributed by atoms with Gasteiger partial charge in [0.05, 0.1) is 33.7 Å². The number of rotatable bonds is 14. The molecule has 2 N–H and O–H groups in total. The molecule has 5 aliphatic carbocycles. The van der Waals surface area contributed by atoms with Crippen molar-refractivity contribution in [3.05, 3.63) is 185 Å². The van der Waals surface area contributed by atoms with Crippen molar-refractivity contribution in [3.8, 4) is 33.8 Å². The summed E-state index contributed by atoms with van der Waals surface area (Å²) in [5, 5.41) is 19.6. The highest BCUT2D eigenvalue weighted by molar-refractivity contribution is 5.99. The highest BCUT2D eigenvalue weighted by Crippen LogP contribution is 2.55. The number of carbonyl (C=O) groups excluding carboxylic acids is 4. The van der Waals surface area contributed by atoms with E-state index in [1.807, 2.05) is 49.6 Å². The Kier molecular flexibility index (Phi) is 21.6. The number of alkyl halides is 6. The monoisotopic (exact) mass is 1650 g/mol. The van der Waals surface area contributed by atoms with Gasteiger partial charge < -0.3 is 52.9 Å². The summed E-state index contributed by atoms with van der Waals surface area (Å²) in [6.07, 6.45) is -1.08. The third-order valence-electron chi connectivity index (χ3n) is 26.3. The second-order valence-corrected chi connectivity index (χ2v) is 37.0.